The number of carbonyl (C=O) groups excluding carboxylic acids is 2. The van der Waals surface area contributed by atoms with E-state index >= 15 is 0 Å². The number of amides is 2. The van der Waals surface area contributed by atoms with E-state index in [0.717, 1.165) is 10.0 Å². The molecule has 108 valence electrons. The first-order chi connectivity index (χ1) is 9.36. The number of nitrogens with zero attached hydrogens (tertiary/aromatic N) is 2. The molecule has 2 heterocycles. The van der Waals surface area contributed by atoms with Gasteiger partial charge in [0.1, 0.15) is 11.6 Å². The van der Waals surface area contributed by atoms with Crippen LogP contribution in [0.2, 0.25) is 0 Å². The highest BCUT2D eigenvalue weighted by Gasteiger charge is 2.45. The van der Waals surface area contributed by atoms with Crippen molar-refractivity contribution in [3.05, 3.63) is 28.5 Å². The summed E-state index contributed by atoms with van der Waals surface area (Å²) >= 11 is 3.36. The zero-order valence-corrected chi connectivity index (χ0v) is 13.4. The van der Waals surface area contributed by atoms with Crippen LogP contribution >= 0.6 is 15.9 Å². The molecule has 2 rings (SSSR count). The molecule has 1 fully saturated rings. The zero-order chi connectivity index (χ0) is 14.9. The lowest BCUT2D eigenvalue weighted by molar-refractivity contribution is -0.156. The van der Waals surface area contributed by atoms with Gasteiger partial charge in [0.15, 0.2) is 0 Å². The Bertz CT molecular complexity index is 545. The van der Waals surface area contributed by atoms with E-state index in [1.807, 2.05) is 13.0 Å². The summed E-state index contributed by atoms with van der Waals surface area (Å²) in [6.45, 7) is 5.79. The molecule has 6 heteroatoms. The maximum atomic E-state index is 12.5. The van der Waals surface area contributed by atoms with E-state index in [4.69, 9.17) is 0 Å². The third-order valence-electron chi connectivity index (χ3n) is 3.61. The standard InChI is InChI=1S/C14H18BrN3O2/c1-4-11-12(19)18(14(2,3)13(20)17-11)8-9-5-10(15)7-16-6-9/h5-7,11H,4,8H2,1-3H3,(H,17,20). The molecular formula is C14H18BrN3O2. The summed E-state index contributed by atoms with van der Waals surface area (Å²) in [6.07, 6.45) is 3.99. The maximum Gasteiger partial charge on any atom is 0.246 e. The Labute approximate surface area is 126 Å². The first-order valence-corrected chi connectivity index (χ1v) is 7.37. The summed E-state index contributed by atoms with van der Waals surface area (Å²) in [4.78, 5) is 30.4. The number of halogens is 1. The summed E-state index contributed by atoms with van der Waals surface area (Å²) in [5.41, 5.74) is 0.0378. The van der Waals surface area contributed by atoms with Gasteiger partial charge in [-0.1, -0.05) is 6.92 Å². The molecule has 0 aliphatic carbocycles. The summed E-state index contributed by atoms with van der Waals surface area (Å²) in [7, 11) is 0. The van der Waals surface area contributed by atoms with E-state index in [1.165, 1.54) is 0 Å². The molecule has 1 aliphatic rings. The SMILES string of the molecule is CCC1NC(=O)C(C)(C)N(Cc2cncc(Br)c2)C1=O. The molecule has 5 nitrogen and oxygen atoms in total. The highest BCUT2D eigenvalue weighted by molar-refractivity contribution is 9.10. The van der Waals surface area contributed by atoms with Crippen molar-refractivity contribution in [1.82, 2.24) is 15.2 Å². The van der Waals surface area contributed by atoms with Gasteiger partial charge in [0.05, 0.1) is 0 Å². The Hall–Kier alpha value is -1.43. The van der Waals surface area contributed by atoms with Gasteiger partial charge in [-0.3, -0.25) is 14.6 Å². The minimum Gasteiger partial charge on any atom is -0.342 e. The molecule has 1 aromatic rings. The van der Waals surface area contributed by atoms with Crippen molar-refractivity contribution in [2.75, 3.05) is 0 Å². The smallest absolute Gasteiger partial charge is 0.246 e. The fraction of sp³-hybridized carbons (Fsp3) is 0.500. The molecule has 1 aromatic heterocycles. The number of aromatic nitrogens is 1. The third-order valence-corrected chi connectivity index (χ3v) is 4.04. The van der Waals surface area contributed by atoms with Gasteiger partial charge in [-0.25, -0.2) is 0 Å². The molecule has 0 bridgehead atoms. The van der Waals surface area contributed by atoms with Crippen LogP contribution in [0.1, 0.15) is 32.8 Å². The van der Waals surface area contributed by atoms with Gasteiger partial charge in [0, 0.05) is 23.4 Å². The highest BCUT2D eigenvalue weighted by Crippen LogP contribution is 2.25. The topological polar surface area (TPSA) is 62.3 Å². The predicted molar refractivity (Wildman–Crippen MR) is 78.8 cm³/mol. The van der Waals surface area contributed by atoms with Crippen LogP contribution in [0.4, 0.5) is 0 Å². The average molecular weight is 340 g/mol. The number of hydrogen-bond acceptors (Lipinski definition) is 3. The monoisotopic (exact) mass is 339 g/mol. The van der Waals surface area contributed by atoms with Crippen LogP contribution in [-0.2, 0) is 16.1 Å². The fourth-order valence-corrected chi connectivity index (χ4v) is 2.67. The second-order valence-corrected chi connectivity index (χ2v) is 6.34. The van der Waals surface area contributed by atoms with Crippen molar-refractivity contribution >= 4 is 27.7 Å². The minimum absolute atomic E-state index is 0.0444. The lowest BCUT2D eigenvalue weighted by atomic mass is 9.94. The van der Waals surface area contributed by atoms with Gasteiger partial charge in [-0.05, 0) is 47.8 Å². The predicted octanol–water partition coefficient (Wildman–Crippen LogP) is 1.86. The molecule has 0 aromatic carbocycles. The van der Waals surface area contributed by atoms with E-state index in [2.05, 4.69) is 26.2 Å². The van der Waals surface area contributed by atoms with E-state index in [-0.39, 0.29) is 11.8 Å². The second kappa shape index (κ2) is 5.52. The number of rotatable bonds is 3. The van der Waals surface area contributed by atoms with Crippen LogP contribution < -0.4 is 5.32 Å². The van der Waals surface area contributed by atoms with Gasteiger partial charge in [0.25, 0.3) is 0 Å². The van der Waals surface area contributed by atoms with Crippen molar-refractivity contribution in [3.8, 4) is 0 Å². The Morgan fingerprint density at radius 3 is 2.70 bits per heavy atom. The van der Waals surface area contributed by atoms with Crippen LogP contribution in [0.5, 0.6) is 0 Å². The maximum absolute atomic E-state index is 12.5. The van der Waals surface area contributed by atoms with Crippen LogP contribution in [0.3, 0.4) is 0 Å². The largest absolute Gasteiger partial charge is 0.342 e. The first-order valence-electron chi connectivity index (χ1n) is 6.58. The molecule has 1 N–H and O–H groups in total. The molecule has 1 saturated heterocycles. The van der Waals surface area contributed by atoms with Crippen molar-refractivity contribution in [1.29, 1.82) is 0 Å². The third kappa shape index (κ3) is 2.70. The fourth-order valence-electron chi connectivity index (χ4n) is 2.26. The van der Waals surface area contributed by atoms with Crippen molar-refractivity contribution in [3.63, 3.8) is 0 Å². The molecule has 0 spiro atoms. The van der Waals surface area contributed by atoms with Gasteiger partial charge >= 0.3 is 0 Å². The molecule has 20 heavy (non-hydrogen) atoms. The normalized spacial score (nSPS) is 21.8. The van der Waals surface area contributed by atoms with Crippen molar-refractivity contribution in [2.24, 2.45) is 0 Å². The first kappa shape index (κ1) is 15.0. The Balaban J connectivity index is 2.30. The molecular weight excluding hydrogens is 322 g/mol. The second-order valence-electron chi connectivity index (χ2n) is 5.43. The van der Waals surface area contributed by atoms with Gasteiger partial charge in [0.2, 0.25) is 11.8 Å². The zero-order valence-electron chi connectivity index (χ0n) is 11.8. The summed E-state index contributed by atoms with van der Waals surface area (Å²) in [5.74, 6) is -0.163. The van der Waals surface area contributed by atoms with Crippen LogP contribution in [-0.4, -0.2) is 33.3 Å². The lowest BCUT2D eigenvalue weighted by Crippen LogP contribution is -2.67. The number of hydrogen-bond donors (Lipinski definition) is 1. The van der Waals surface area contributed by atoms with Crippen LogP contribution in [0.15, 0.2) is 22.9 Å². The summed E-state index contributed by atoms with van der Waals surface area (Å²) < 4.78 is 0.855. The van der Waals surface area contributed by atoms with Crippen molar-refractivity contribution in [2.45, 2.75) is 45.3 Å². The Morgan fingerprint density at radius 2 is 2.10 bits per heavy atom. The highest BCUT2D eigenvalue weighted by atomic mass is 79.9. The number of piperazine rings is 1. The van der Waals surface area contributed by atoms with Crippen molar-refractivity contribution < 1.29 is 9.59 Å². The van der Waals surface area contributed by atoms with Crippen LogP contribution in [0, 0.1) is 0 Å². The van der Waals surface area contributed by atoms with Gasteiger partial charge in [-0.2, -0.15) is 0 Å². The summed E-state index contributed by atoms with van der Waals surface area (Å²) in [5, 5.41) is 2.78. The number of nitrogens with one attached hydrogen (secondary N) is 1. The van der Waals surface area contributed by atoms with Crippen LogP contribution in [0.25, 0.3) is 0 Å². The van der Waals surface area contributed by atoms with E-state index < -0.39 is 11.6 Å². The molecule has 1 unspecified atom stereocenters. The molecule has 0 saturated carbocycles. The minimum atomic E-state index is -0.856. The quantitative estimate of drug-likeness (QED) is 0.914. The lowest BCUT2D eigenvalue weighted by Gasteiger charge is -2.44. The average Bonchev–Trinajstić information content (AvgIpc) is 2.39. The molecule has 1 atom stereocenters. The number of carbonyl (C=O) groups is 2. The van der Waals surface area contributed by atoms with E-state index in [9.17, 15) is 9.59 Å². The van der Waals surface area contributed by atoms with E-state index in [1.54, 1.807) is 31.1 Å². The van der Waals surface area contributed by atoms with E-state index in [0.29, 0.717) is 13.0 Å². The van der Waals surface area contributed by atoms with Gasteiger partial charge < -0.3 is 10.2 Å². The molecule has 0 radical (unpaired) electrons. The molecule has 1 aliphatic heterocycles. The Kier molecular flexibility index (Phi) is 4.13. The summed E-state index contributed by atoms with van der Waals surface area (Å²) in [6, 6.07) is 1.47. The van der Waals surface area contributed by atoms with Gasteiger partial charge in [-0.15, -0.1) is 0 Å². The Morgan fingerprint density at radius 1 is 1.40 bits per heavy atom. The number of pyridine rings is 1. The molecule has 2 amide bonds.